The van der Waals surface area contributed by atoms with Crippen LogP contribution in [0.3, 0.4) is 0 Å². The lowest BCUT2D eigenvalue weighted by Gasteiger charge is -2.33. The number of amides is 2. The quantitative estimate of drug-likeness (QED) is 0.756. The third-order valence-electron chi connectivity index (χ3n) is 3.16. The summed E-state index contributed by atoms with van der Waals surface area (Å²) in [6.45, 7) is 3.57. The van der Waals surface area contributed by atoms with Crippen molar-refractivity contribution in [1.29, 1.82) is 0 Å². The summed E-state index contributed by atoms with van der Waals surface area (Å²) in [6.07, 6.45) is -0.429. The molecule has 1 unspecified atom stereocenters. The lowest BCUT2D eigenvalue weighted by Crippen LogP contribution is -2.49. The number of nitrogens with one attached hydrogen (secondary N) is 1. The van der Waals surface area contributed by atoms with Gasteiger partial charge in [0, 0.05) is 13.0 Å². The maximum Gasteiger partial charge on any atom is 0.260 e. The number of carbonyl (C=O) groups is 2. The average Bonchev–Trinajstić information content (AvgIpc) is 2.46. The Labute approximate surface area is 117 Å². The molecule has 1 aromatic carbocycles. The van der Waals surface area contributed by atoms with Crippen molar-refractivity contribution in [3.63, 3.8) is 0 Å². The highest BCUT2D eigenvalue weighted by Crippen LogP contribution is 2.33. The van der Waals surface area contributed by atoms with E-state index in [1.165, 1.54) is 0 Å². The van der Waals surface area contributed by atoms with Crippen LogP contribution in [0.15, 0.2) is 24.3 Å². The summed E-state index contributed by atoms with van der Waals surface area (Å²) in [4.78, 5) is 25.2. The molecule has 1 aliphatic rings. The van der Waals surface area contributed by atoms with Crippen LogP contribution in [0.25, 0.3) is 0 Å². The molecule has 0 saturated carbocycles. The van der Waals surface area contributed by atoms with E-state index in [4.69, 9.17) is 10.5 Å². The van der Waals surface area contributed by atoms with Crippen molar-refractivity contribution in [2.75, 3.05) is 24.5 Å². The molecule has 1 aromatic rings. The van der Waals surface area contributed by atoms with Crippen LogP contribution in [0.2, 0.25) is 0 Å². The van der Waals surface area contributed by atoms with Gasteiger partial charge in [-0.3, -0.25) is 9.59 Å². The van der Waals surface area contributed by atoms with Crippen LogP contribution in [-0.2, 0) is 9.59 Å². The number of nitrogens with two attached hydrogens (primary N) is 1. The van der Waals surface area contributed by atoms with Gasteiger partial charge >= 0.3 is 0 Å². The number of para-hydroxylation sites is 2. The van der Waals surface area contributed by atoms with E-state index in [0.717, 1.165) is 6.54 Å². The van der Waals surface area contributed by atoms with Gasteiger partial charge in [-0.05, 0) is 18.7 Å². The molecule has 0 radical (unpaired) electrons. The highest BCUT2D eigenvalue weighted by molar-refractivity contribution is 5.97. The van der Waals surface area contributed by atoms with Crippen molar-refractivity contribution in [1.82, 2.24) is 5.32 Å². The highest BCUT2D eigenvalue weighted by atomic mass is 16.5. The van der Waals surface area contributed by atoms with Crippen molar-refractivity contribution >= 4 is 17.5 Å². The van der Waals surface area contributed by atoms with Gasteiger partial charge in [0.2, 0.25) is 5.91 Å². The summed E-state index contributed by atoms with van der Waals surface area (Å²) < 4.78 is 5.52. The third-order valence-corrected chi connectivity index (χ3v) is 3.16. The molecule has 1 aliphatic heterocycles. The molecule has 0 fully saturated rings. The SMILES string of the molecule is CCNCCC(=O)N1CC(C(N)=O)Oc2ccccc21. The van der Waals surface area contributed by atoms with Gasteiger partial charge in [-0.15, -0.1) is 0 Å². The molecule has 2 amide bonds. The van der Waals surface area contributed by atoms with E-state index >= 15 is 0 Å². The smallest absolute Gasteiger partial charge is 0.260 e. The van der Waals surface area contributed by atoms with Gasteiger partial charge in [-0.2, -0.15) is 0 Å². The number of nitrogens with zero attached hydrogens (tertiary/aromatic N) is 1. The summed E-state index contributed by atoms with van der Waals surface area (Å²) in [7, 11) is 0. The number of rotatable bonds is 5. The first kappa shape index (κ1) is 14.3. The standard InChI is InChI=1S/C14H19N3O3/c1-2-16-8-7-13(18)17-9-12(14(15)19)20-11-6-4-3-5-10(11)17/h3-6,12,16H,2,7-9H2,1H3,(H2,15,19). The first-order valence-electron chi connectivity index (χ1n) is 6.69. The third kappa shape index (κ3) is 3.08. The van der Waals surface area contributed by atoms with E-state index in [-0.39, 0.29) is 12.5 Å². The fraction of sp³-hybridized carbons (Fsp3) is 0.429. The first-order chi connectivity index (χ1) is 9.63. The second-order valence-electron chi connectivity index (χ2n) is 4.58. The molecule has 0 aliphatic carbocycles. The molecular weight excluding hydrogens is 258 g/mol. The largest absolute Gasteiger partial charge is 0.477 e. The van der Waals surface area contributed by atoms with E-state index < -0.39 is 12.0 Å². The molecule has 1 atom stereocenters. The second kappa shape index (κ2) is 6.38. The summed E-state index contributed by atoms with van der Waals surface area (Å²) in [6, 6.07) is 7.16. The van der Waals surface area contributed by atoms with Gasteiger partial charge in [-0.1, -0.05) is 19.1 Å². The Balaban J connectivity index is 2.18. The molecule has 0 saturated heterocycles. The van der Waals surface area contributed by atoms with Crippen LogP contribution in [0.4, 0.5) is 5.69 Å². The number of ether oxygens (including phenoxy) is 1. The number of carbonyl (C=O) groups excluding carboxylic acids is 2. The van der Waals surface area contributed by atoms with E-state index in [1.807, 2.05) is 13.0 Å². The molecule has 6 heteroatoms. The van der Waals surface area contributed by atoms with Crippen molar-refractivity contribution < 1.29 is 14.3 Å². The van der Waals surface area contributed by atoms with E-state index in [2.05, 4.69) is 5.32 Å². The van der Waals surface area contributed by atoms with Gasteiger partial charge in [0.25, 0.3) is 5.91 Å². The van der Waals surface area contributed by atoms with E-state index in [1.54, 1.807) is 23.1 Å². The summed E-state index contributed by atoms with van der Waals surface area (Å²) in [5.41, 5.74) is 5.98. The average molecular weight is 277 g/mol. The summed E-state index contributed by atoms with van der Waals surface area (Å²) >= 11 is 0. The molecule has 2 rings (SSSR count). The molecule has 108 valence electrons. The fourth-order valence-corrected chi connectivity index (χ4v) is 2.13. The van der Waals surface area contributed by atoms with Gasteiger partial charge in [-0.25, -0.2) is 0 Å². The lowest BCUT2D eigenvalue weighted by atomic mass is 10.1. The molecule has 1 heterocycles. The Kier molecular flexibility index (Phi) is 4.57. The van der Waals surface area contributed by atoms with Gasteiger partial charge in [0.15, 0.2) is 6.10 Å². The number of primary amides is 1. The number of hydrogen-bond acceptors (Lipinski definition) is 4. The topological polar surface area (TPSA) is 84.7 Å². The van der Waals surface area contributed by atoms with Crippen LogP contribution in [-0.4, -0.2) is 37.6 Å². The lowest BCUT2D eigenvalue weighted by molar-refractivity contribution is -0.125. The maximum absolute atomic E-state index is 12.3. The Morgan fingerprint density at radius 2 is 2.20 bits per heavy atom. The minimum atomic E-state index is -0.798. The number of anilines is 1. The number of benzene rings is 1. The summed E-state index contributed by atoms with van der Waals surface area (Å²) in [5.74, 6) is -0.101. The minimum Gasteiger partial charge on any atom is -0.477 e. The minimum absolute atomic E-state index is 0.0482. The Morgan fingerprint density at radius 1 is 1.45 bits per heavy atom. The zero-order valence-corrected chi connectivity index (χ0v) is 11.5. The Bertz CT molecular complexity index is 504. The zero-order valence-electron chi connectivity index (χ0n) is 11.5. The monoisotopic (exact) mass is 277 g/mol. The van der Waals surface area contributed by atoms with Crippen LogP contribution in [0, 0.1) is 0 Å². The van der Waals surface area contributed by atoms with Crippen molar-refractivity contribution in [3.8, 4) is 5.75 Å². The van der Waals surface area contributed by atoms with Crippen LogP contribution >= 0.6 is 0 Å². The van der Waals surface area contributed by atoms with E-state index in [9.17, 15) is 9.59 Å². The Morgan fingerprint density at radius 3 is 2.90 bits per heavy atom. The normalized spacial score (nSPS) is 17.2. The molecular formula is C14H19N3O3. The highest BCUT2D eigenvalue weighted by Gasteiger charge is 2.32. The van der Waals surface area contributed by atoms with Crippen molar-refractivity contribution in [2.45, 2.75) is 19.4 Å². The van der Waals surface area contributed by atoms with Crippen molar-refractivity contribution in [2.24, 2.45) is 5.73 Å². The summed E-state index contributed by atoms with van der Waals surface area (Å²) in [5, 5.41) is 3.11. The zero-order chi connectivity index (χ0) is 14.5. The number of hydrogen-bond donors (Lipinski definition) is 2. The number of fused-ring (bicyclic) bond motifs is 1. The predicted molar refractivity (Wildman–Crippen MR) is 75.6 cm³/mol. The molecule has 20 heavy (non-hydrogen) atoms. The molecule has 0 aromatic heterocycles. The van der Waals surface area contributed by atoms with Gasteiger partial charge in [0.05, 0.1) is 12.2 Å². The molecule has 3 N–H and O–H groups in total. The molecule has 6 nitrogen and oxygen atoms in total. The second-order valence-corrected chi connectivity index (χ2v) is 4.58. The molecule has 0 spiro atoms. The van der Waals surface area contributed by atoms with E-state index in [0.29, 0.717) is 24.4 Å². The first-order valence-corrected chi connectivity index (χ1v) is 6.69. The predicted octanol–water partition coefficient (Wildman–Crippen LogP) is 0.265. The van der Waals surface area contributed by atoms with Crippen molar-refractivity contribution in [3.05, 3.63) is 24.3 Å². The molecule has 0 bridgehead atoms. The van der Waals surface area contributed by atoms with Gasteiger partial charge in [0.1, 0.15) is 5.75 Å². The van der Waals surface area contributed by atoms with Crippen LogP contribution in [0.1, 0.15) is 13.3 Å². The van der Waals surface area contributed by atoms with Crippen LogP contribution < -0.4 is 20.7 Å². The Hall–Kier alpha value is -2.08. The fourth-order valence-electron chi connectivity index (χ4n) is 2.13. The van der Waals surface area contributed by atoms with Gasteiger partial charge < -0.3 is 20.7 Å². The maximum atomic E-state index is 12.3. The van der Waals surface area contributed by atoms with Crippen LogP contribution in [0.5, 0.6) is 5.75 Å².